The number of carbonyl (C=O) groups excluding carboxylic acids is 1. The summed E-state index contributed by atoms with van der Waals surface area (Å²) in [5, 5.41) is 2.97. The topological polar surface area (TPSA) is 51.2 Å². The highest BCUT2D eigenvalue weighted by Gasteiger charge is 2.18. The van der Waals surface area contributed by atoms with Crippen molar-refractivity contribution in [1.82, 2.24) is 4.98 Å². The molecule has 0 atom stereocenters. The highest BCUT2D eigenvalue weighted by Crippen LogP contribution is 2.25. The van der Waals surface area contributed by atoms with Gasteiger partial charge in [0.25, 0.3) is 5.91 Å². The number of carbonyl (C=O) groups is 1. The average Bonchev–Trinajstić information content (AvgIpc) is 2.62. The molecule has 3 rings (SSSR count). The standard InChI is InChI=1S/C22H22N2O2/c1-15-9-7-8-12-19(15)24-22(25)21-17(3)23-16(2)13-20(21)26-14-18-10-5-4-6-11-18/h4-13H,14H2,1-3H3,(H,24,25). The number of nitrogens with one attached hydrogen (secondary N) is 1. The Hall–Kier alpha value is -3.14. The Labute approximate surface area is 153 Å². The molecule has 1 heterocycles. The fourth-order valence-corrected chi connectivity index (χ4v) is 2.82. The van der Waals surface area contributed by atoms with E-state index in [1.54, 1.807) is 0 Å². The highest BCUT2D eigenvalue weighted by molar-refractivity contribution is 6.07. The van der Waals surface area contributed by atoms with E-state index in [-0.39, 0.29) is 5.91 Å². The average molecular weight is 346 g/mol. The van der Waals surface area contributed by atoms with Crippen LogP contribution >= 0.6 is 0 Å². The van der Waals surface area contributed by atoms with Gasteiger partial charge in [0, 0.05) is 17.4 Å². The number of ether oxygens (including phenoxy) is 1. The van der Waals surface area contributed by atoms with Crippen molar-refractivity contribution < 1.29 is 9.53 Å². The number of amides is 1. The second-order valence-corrected chi connectivity index (χ2v) is 6.27. The molecule has 4 heteroatoms. The van der Waals surface area contributed by atoms with Gasteiger partial charge in [-0.05, 0) is 38.0 Å². The molecule has 1 amide bonds. The summed E-state index contributed by atoms with van der Waals surface area (Å²) in [4.78, 5) is 17.3. The van der Waals surface area contributed by atoms with Crippen LogP contribution < -0.4 is 10.1 Å². The number of benzene rings is 2. The fraction of sp³-hybridized carbons (Fsp3) is 0.182. The molecule has 0 aliphatic carbocycles. The minimum Gasteiger partial charge on any atom is -0.488 e. The number of anilines is 1. The molecule has 0 saturated carbocycles. The molecule has 26 heavy (non-hydrogen) atoms. The van der Waals surface area contributed by atoms with Crippen molar-refractivity contribution in [1.29, 1.82) is 0 Å². The quantitative estimate of drug-likeness (QED) is 0.719. The van der Waals surface area contributed by atoms with E-state index in [1.807, 2.05) is 81.4 Å². The van der Waals surface area contributed by atoms with Crippen LogP contribution in [0.15, 0.2) is 60.7 Å². The molecular formula is C22H22N2O2. The van der Waals surface area contributed by atoms with Gasteiger partial charge < -0.3 is 10.1 Å². The van der Waals surface area contributed by atoms with E-state index in [9.17, 15) is 4.79 Å². The zero-order valence-electron chi connectivity index (χ0n) is 15.2. The zero-order chi connectivity index (χ0) is 18.5. The number of nitrogens with zero attached hydrogens (tertiary/aromatic N) is 1. The first-order valence-electron chi connectivity index (χ1n) is 8.56. The Morgan fingerprint density at radius 2 is 1.69 bits per heavy atom. The van der Waals surface area contributed by atoms with Crippen LogP contribution in [0.4, 0.5) is 5.69 Å². The van der Waals surface area contributed by atoms with Gasteiger partial charge in [0.2, 0.25) is 0 Å². The number of para-hydroxylation sites is 1. The van der Waals surface area contributed by atoms with Crippen LogP contribution in [0.1, 0.15) is 32.9 Å². The normalized spacial score (nSPS) is 10.4. The van der Waals surface area contributed by atoms with Crippen LogP contribution in [0.25, 0.3) is 0 Å². The van der Waals surface area contributed by atoms with Crippen molar-refractivity contribution in [2.75, 3.05) is 5.32 Å². The van der Waals surface area contributed by atoms with E-state index in [1.165, 1.54) is 0 Å². The summed E-state index contributed by atoms with van der Waals surface area (Å²) in [6.07, 6.45) is 0. The number of rotatable bonds is 5. The van der Waals surface area contributed by atoms with Gasteiger partial charge in [-0.15, -0.1) is 0 Å². The molecule has 0 unspecified atom stereocenters. The van der Waals surface area contributed by atoms with Crippen LogP contribution in [0.2, 0.25) is 0 Å². The predicted molar refractivity (Wildman–Crippen MR) is 104 cm³/mol. The first kappa shape index (κ1) is 17.7. The zero-order valence-corrected chi connectivity index (χ0v) is 15.2. The maximum Gasteiger partial charge on any atom is 0.261 e. The van der Waals surface area contributed by atoms with E-state index < -0.39 is 0 Å². The number of aryl methyl sites for hydroxylation is 3. The van der Waals surface area contributed by atoms with Crippen molar-refractivity contribution in [2.45, 2.75) is 27.4 Å². The van der Waals surface area contributed by atoms with Gasteiger partial charge in [0.15, 0.2) is 0 Å². The van der Waals surface area contributed by atoms with E-state index >= 15 is 0 Å². The summed E-state index contributed by atoms with van der Waals surface area (Å²) in [7, 11) is 0. The van der Waals surface area contributed by atoms with E-state index in [2.05, 4.69) is 10.3 Å². The van der Waals surface area contributed by atoms with Gasteiger partial charge in [0.05, 0.1) is 5.69 Å². The lowest BCUT2D eigenvalue weighted by Gasteiger charge is -2.15. The van der Waals surface area contributed by atoms with Gasteiger partial charge in [-0.2, -0.15) is 0 Å². The van der Waals surface area contributed by atoms with Crippen LogP contribution in [0.3, 0.4) is 0 Å². The molecule has 0 spiro atoms. The van der Waals surface area contributed by atoms with Gasteiger partial charge in [-0.1, -0.05) is 48.5 Å². The second-order valence-electron chi connectivity index (χ2n) is 6.27. The molecule has 3 aromatic rings. The number of aromatic nitrogens is 1. The SMILES string of the molecule is Cc1cc(OCc2ccccc2)c(C(=O)Nc2ccccc2C)c(C)n1. The second kappa shape index (κ2) is 7.83. The van der Waals surface area contributed by atoms with E-state index in [4.69, 9.17) is 4.74 Å². The molecule has 0 aliphatic heterocycles. The molecular weight excluding hydrogens is 324 g/mol. The van der Waals surface area contributed by atoms with Gasteiger partial charge in [-0.3, -0.25) is 9.78 Å². The summed E-state index contributed by atoms with van der Waals surface area (Å²) in [5.74, 6) is 0.331. The summed E-state index contributed by atoms with van der Waals surface area (Å²) < 4.78 is 5.97. The Morgan fingerprint density at radius 3 is 2.42 bits per heavy atom. The molecule has 4 nitrogen and oxygen atoms in total. The third-order valence-corrected chi connectivity index (χ3v) is 4.15. The molecule has 1 aromatic heterocycles. The molecule has 0 aliphatic rings. The molecule has 0 saturated heterocycles. The lowest BCUT2D eigenvalue weighted by Crippen LogP contribution is -2.17. The number of hydrogen-bond acceptors (Lipinski definition) is 3. The van der Waals surface area contributed by atoms with Gasteiger partial charge in [0.1, 0.15) is 17.9 Å². The Bertz CT molecular complexity index is 921. The maximum atomic E-state index is 12.9. The van der Waals surface area contributed by atoms with Crippen molar-refractivity contribution >= 4 is 11.6 Å². The van der Waals surface area contributed by atoms with E-state index in [0.29, 0.717) is 23.6 Å². The van der Waals surface area contributed by atoms with Crippen molar-refractivity contribution in [3.05, 3.63) is 88.7 Å². The molecule has 0 radical (unpaired) electrons. The summed E-state index contributed by atoms with van der Waals surface area (Å²) in [5.41, 5.74) is 4.77. The summed E-state index contributed by atoms with van der Waals surface area (Å²) >= 11 is 0. The van der Waals surface area contributed by atoms with E-state index in [0.717, 1.165) is 22.5 Å². The summed E-state index contributed by atoms with van der Waals surface area (Å²) in [6, 6.07) is 19.4. The van der Waals surface area contributed by atoms with Crippen LogP contribution in [-0.4, -0.2) is 10.9 Å². The molecule has 0 fully saturated rings. The van der Waals surface area contributed by atoms with Crippen molar-refractivity contribution in [3.63, 3.8) is 0 Å². The van der Waals surface area contributed by atoms with Crippen molar-refractivity contribution in [3.8, 4) is 5.75 Å². The van der Waals surface area contributed by atoms with Crippen LogP contribution in [0, 0.1) is 20.8 Å². The predicted octanol–water partition coefficient (Wildman–Crippen LogP) is 4.84. The highest BCUT2D eigenvalue weighted by atomic mass is 16.5. The Morgan fingerprint density at radius 1 is 1.00 bits per heavy atom. The maximum absolute atomic E-state index is 12.9. The Kier molecular flexibility index (Phi) is 5.32. The monoisotopic (exact) mass is 346 g/mol. The lowest BCUT2D eigenvalue weighted by atomic mass is 10.1. The first-order valence-corrected chi connectivity index (χ1v) is 8.56. The largest absolute Gasteiger partial charge is 0.488 e. The smallest absolute Gasteiger partial charge is 0.261 e. The van der Waals surface area contributed by atoms with Crippen LogP contribution in [0.5, 0.6) is 5.75 Å². The van der Waals surface area contributed by atoms with Gasteiger partial charge in [-0.25, -0.2) is 0 Å². The van der Waals surface area contributed by atoms with Crippen molar-refractivity contribution in [2.24, 2.45) is 0 Å². The minimum atomic E-state index is -0.215. The Balaban J connectivity index is 1.88. The number of pyridine rings is 1. The molecule has 132 valence electrons. The first-order chi connectivity index (χ1) is 12.5. The number of hydrogen-bond donors (Lipinski definition) is 1. The molecule has 2 aromatic carbocycles. The van der Waals surface area contributed by atoms with Crippen LogP contribution in [-0.2, 0) is 6.61 Å². The third-order valence-electron chi connectivity index (χ3n) is 4.15. The third kappa shape index (κ3) is 4.09. The lowest BCUT2D eigenvalue weighted by molar-refractivity contribution is 0.102. The molecule has 0 bridgehead atoms. The molecule has 1 N–H and O–H groups in total. The fourth-order valence-electron chi connectivity index (χ4n) is 2.82. The summed E-state index contributed by atoms with van der Waals surface area (Å²) in [6.45, 7) is 6.08. The van der Waals surface area contributed by atoms with Gasteiger partial charge >= 0.3 is 0 Å². The minimum absolute atomic E-state index is 0.215.